The van der Waals surface area contributed by atoms with Crippen LogP contribution in [0.1, 0.15) is 27.1 Å². The third-order valence-electron chi connectivity index (χ3n) is 2.18. The predicted molar refractivity (Wildman–Crippen MR) is 61.9 cm³/mol. The molecule has 0 aliphatic heterocycles. The number of aryl methyl sites for hydroxylation is 2. The Hall–Kier alpha value is -0.710. The highest BCUT2D eigenvalue weighted by molar-refractivity contribution is 7.10. The number of thiazole rings is 1. The molecule has 0 fully saturated rings. The van der Waals surface area contributed by atoms with Gasteiger partial charge in [-0.1, -0.05) is 0 Å². The quantitative estimate of drug-likeness (QED) is 0.852. The fraction of sp³-hybridized carbons (Fsp3) is 0.300. The Morgan fingerprint density at radius 2 is 2.14 bits per heavy atom. The highest BCUT2D eigenvalue weighted by Gasteiger charge is 2.14. The van der Waals surface area contributed by atoms with Crippen molar-refractivity contribution < 1.29 is 0 Å². The molecular weight excluding hydrogens is 212 g/mol. The van der Waals surface area contributed by atoms with Gasteiger partial charge >= 0.3 is 0 Å². The molecule has 0 saturated heterocycles. The Morgan fingerprint density at radius 1 is 1.36 bits per heavy atom. The van der Waals surface area contributed by atoms with Crippen molar-refractivity contribution in [3.8, 4) is 0 Å². The molecule has 2 aromatic rings. The van der Waals surface area contributed by atoms with E-state index in [1.807, 2.05) is 12.4 Å². The molecule has 0 radical (unpaired) electrons. The third kappa shape index (κ3) is 1.73. The summed E-state index contributed by atoms with van der Waals surface area (Å²) in [5, 5.41) is 2.12. The summed E-state index contributed by atoms with van der Waals surface area (Å²) >= 11 is 3.37. The molecule has 74 valence electrons. The summed E-state index contributed by atoms with van der Waals surface area (Å²) in [6.07, 6.45) is 0. The average molecular weight is 224 g/mol. The normalized spacial score (nSPS) is 13.1. The van der Waals surface area contributed by atoms with Gasteiger partial charge in [-0.15, -0.1) is 22.7 Å². The Morgan fingerprint density at radius 3 is 2.64 bits per heavy atom. The molecule has 0 aromatic carbocycles. The van der Waals surface area contributed by atoms with Crippen molar-refractivity contribution in [3.63, 3.8) is 0 Å². The predicted octanol–water partition coefficient (Wildman–Crippen LogP) is 2.87. The lowest BCUT2D eigenvalue weighted by molar-refractivity contribution is 0.882. The second kappa shape index (κ2) is 3.81. The molecule has 2 nitrogen and oxygen atoms in total. The van der Waals surface area contributed by atoms with Crippen LogP contribution in [0.5, 0.6) is 0 Å². The minimum Gasteiger partial charge on any atom is -0.320 e. The Bertz CT molecular complexity index is 431. The molecule has 4 heteroatoms. The molecule has 0 amide bonds. The van der Waals surface area contributed by atoms with E-state index in [1.165, 1.54) is 15.3 Å². The van der Waals surface area contributed by atoms with Gasteiger partial charge in [-0.05, 0) is 30.9 Å². The van der Waals surface area contributed by atoms with E-state index in [-0.39, 0.29) is 6.04 Å². The van der Waals surface area contributed by atoms with E-state index in [1.54, 1.807) is 22.7 Å². The van der Waals surface area contributed by atoms with Gasteiger partial charge in [0.05, 0.1) is 17.2 Å². The Kier molecular flexibility index (Phi) is 2.67. The first-order valence-electron chi connectivity index (χ1n) is 4.39. The lowest BCUT2D eigenvalue weighted by Gasteiger charge is -2.07. The summed E-state index contributed by atoms with van der Waals surface area (Å²) in [6, 6.07) is 2.14. The van der Waals surface area contributed by atoms with Crippen LogP contribution in [0.2, 0.25) is 0 Å². The molecule has 0 spiro atoms. The first-order chi connectivity index (χ1) is 6.68. The van der Waals surface area contributed by atoms with E-state index in [4.69, 9.17) is 5.73 Å². The van der Waals surface area contributed by atoms with Gasteiger partial charge in [0.15, 0.2) is 0 Å². The summed E-state index contributed by atoms with van der Waals surface area (Å²) in [4.78, 5) is 6.68. The van der Waals surface area contributed by atoms with Crippen LogP contribution in [0, 0.1) is 13.8 Å². The summed E-state index contributed by atoms with van der Waals surface area (Å²) in [5.74, 6) is 0. The lowest BCUT2D eigenvalue weighted by Crippen LogP contribution is -2.10. The fourth-order valence-electron chi connectivity index (χ4n) is 1.39. The van der Waals surface area contributed by atoms with Gasteiger partial charge in [-0.25, -0.2) is 4.98 Å². The summed E-state index contributed by atoms with van der Waals surface area (Å²) in [7, 11) is 0. The monoisotopic (exact) mass is 224 g/mol. The van der Waals surface area contributed by atoms with Gasteiger partial charge in [0.25, 0.3) is 0 Å². The van der Waals surface area contributed by atoms with Gasteiger partial charge < -0.3 is 5.73 Å². The second-order valence-corrected chi connectivity index (χ2v) is 5.27. The van der Waals surface area contributed by atoms with E-state index < -0.39 is 0 Å². The van der Waals surface area contributed by atoms with E-state index in [9.17, 15) is 0 Å². The number of nitrogens with zero attached hydrogens (tertiary/aromatic N) is 1. The molecule has 1 unspecified atom stereocenters. The first-order valence-corrected chi connectivity index (χ1v) is 6.15. The van der Waals surface area contributed by atoms with Gasteiger partial charge in [-0.3, -0.25) is 0 Å². The molecule has 2 N–H and O–H groups in total. The minimum absolute atomic E-state index is 0.00699. The van der Waals surface area contributed by atoms with Crippen LogP contribution >= 0.6 is 22.7 Å². The zero-order valence-corrected chi connectivity index (χ0v) is 9.78. The molecule has 1 atom stereocenters. The van der Waals surface area contributed by atoms with Crippen LogP contribution in [0.4, 0.5) is 0 Å². The smallest absolute Gasteiger partial charge is 0.0798 e. The van der Waals surface area contributed by atoms with Gasteiger partial charge in [0.2, 0.25) is 0 Å². The molecule has 0 saturated carbocycles. The van der Waals surface area contributed by atoms with Crippen molar-refractivity contribution in [1.29, 1.82) is 0 Å². The fourth-order valence-corrected chi connectivity index (χ4v) is 2.96. The Labute approximate surface area is 91.4 Å². The SMILES string of the molecule is Cc1cc(C(N)c2scnc2C)cs1. The van der Waals surface area contributed by atoms with E-state index in [0.717, 1.165) is 5.69 Å². The number of rotatable bonds is 2. The number of hydrogen-bond acceptors (Lipinski definition) is 4. The zero-order valence-electron chi connectivity index (χ0n) is 8.15. The van der Waals surface area contributed by atoms with Crippen LogP contribution in [0.25, 0.3) is 0 Å². The molecular formula is C10H12N2S2. The molecule has 0 aliphatic carbocycles. The van der Waals surface area contributed by atoms with Gasteiger partial charge in [-0.2, -0.15) is 0 Å². The van der Waals surface area contributed by atoms with Crippen molar-refractivity contribution >= 4 is 22.7 Å². The molecule has 0 bridgehead atoms. The standard InChI is InChI=1S/C10H12N2S2/c1-6-3-8(4-13-6)9(11)10-7(2)12-5-14-10/h3-5,9H,11H2,1-2H3. The maximum absolute atomic E-state index is 6.15. The number of aromatic nitrogens is 1. The lowest BCUT2D eigenvalue weighted by atomic mass is 10.1. The topological polar surface area (TPSA) is 38.9 Å². The van der Waals surface area contributed by atoms with Crippen LogP contribution in [-0.2, 0) is 0 Å². The van der Waals surface area contributed by atoms with Crippen molar-refractivity contribution in [3.05, 3.63) is 38.0 Å². The highest BCUT2D eigenvalue weighted by atomic mass is 32.1. The maximum Gasteiger partial charge on any atom is 0.0798 e. The largest absolute Gasteiger partial charge is 0.320 e. The summed E-state index contributed by atoms with van der Waals surface area (Å²) in [6.45, 7) is 4.10. The number of hydrogen-bond donors (Lipinski definition) is 1. The van der Waals surface area contributed by atoms with Crippen LogP contribution in [-0.4, -0.2) is 4.98 Å². The van der Waals surface area contributed by atoms with E-state index in [2.05, 4.69) is 23.4 Å². The average Bonchev–Trinajstić information content (AvgIpc) is 2.73. The summed E-state index contributed by atoms with van der Waals surface area (Å²) in [5.41, 5.74) is 10.2. The third-order valence-corrected chi connectivity index (χ3v) is 4.07. The Balaban J connectivity index is 2.33. The van der Waals surface area contributed by atoms with Crippen LogP contribution in [0.3, 0.4) is 0 Å². The van der Waals surface area contributed by atoms with Crippen molar-refractivity contribution in [2.24, 2.45) is 5.73 Å². The van der Waals surface area contributed by atoms with Crippen molar-refractivity contribution in [1.82, 2.24) is 4.98 Å². The molecule has 0 aliphatic rings. The second-order valence-electron chi connectivity index (χ2n) is 3.27. The van der Waals surface area contributed by atoms with E-state index >= 15 is 0 Å². The summed E-state index contributed by atoms with van der Waals surface area (Å²) < 4.78 is 0. The molecule has 14 heavy (non-hydrogen) atoms. The molecule has 2 heterocycles. The van der Waals surface area contributed by atoms with Crippen molar-refractivity contribution in [2.75, 3.05) is 0 Å². The number of thiophene rings is 1. The van der Waals surface area contributed by atoms with E-state index in [0.29, 0.717) is 0 Å². The van der Waals surface area contributed by atoms with Gasteiger partial charge in [0, 0.05) is 9.75 Å². The molecule has 2 aromatic heterocycles. The first kappa shape index (κ1) is 9.83. The van der Waals surface area contributed by atoms with Crippen LogP contribution < -0.4 is 5.73 Å². The molecule has 2 rings (SSSR count). The zero-order chi connectivity index (χ0) is 10.1. The number of nitrogens with two attached hydrogens (primary N) is 1. The minimum atomic E-state index is -0.00699. The highest BCUT2D eigenvalue weighted by Crippen LogP contribution is 2.28. The maximum atomic E-state index is 6.15. The van der Waals surface area contributed by atoms with Gasteiger partial charge in [0.1, 0.15) is 0 Å². The van der Waals surface area contributed by atoms with Crippen molar-refractivity contribution in [2.45, 2.75) is 19.9 Å². The van der Waals surface area contributed by atoms with Crippen LogP contribution in [0.15, 0.2) is 17.0 Å².